The molecule has 0 saturated carbocycles. The Morgan fingerprint density at radius 2 is 1.83 bits per heavy atom. The van der Waals surface area contributed by atoms with Crippen LogP contribution < -0.4 is 9.04 Å². The SMILES string of the molecule is CCOC(=O)N1CCN(C(=O)[C@H]2CCN(S(C)(=O)=O)c3cc(Cl)ccc3O2)CC1. The van der Waals surface area contributed by atoms with Crippen LogP contribution in [0.4, 0.5) is 10.5 Å². The Morgan fingerprint density at radius 3 is 2.45 bits per heavy atom. The fourth-order valence-electron chi connectivity index (χ4n) is 3.40. The second-order valence-corrected chi connectivity index (χ2v) is 9.20. The predicted octanol–water partition coefficient (Wildman–Crippen LogP) is 1.56. The summed E-state index contributed by atoms with van der Waals surface area (Å²) in [6, 6.07) is 4.68. The van der Waals surface area contributed by atoms with Gasteiger partial charge in [0.2, 0.25) is 10.0 Å². The molecule has 1 saturated heterocycles. The van der Waals surface area contributed by atoms with E-state index in [9.17, 15) is 18.0 Å². The smallest absolute Gasteiger partial charge is 0.409 e. The van der Waals surface area contributed by atoms with Crippen LogP contribution in [0.25, 0.3) is 0 Å². The van der Waals surface area contributed by atoms with Gasteiger partial charge in [-0.2, -0.15) is 0 Å². The Labute approximate surface area is 175 Å². The quantitative estimate of drug-likeness (QED) is 0.700. The average molecular weight is 446 g/mol. The predicted molar refractivity (Wildman–Crippen MR) is 108 cm³/mol. The summed E-state index contributed by atoms with van der Waals surface area (Å²) < 4.78 is 36.6. The van der Waals surface area contributed by atoms with Crippen molar-refractivity contribution in [3.05, 3.63) is 23.2 Å². The number of hydrogen-bond acceptors (Lipinski definition) is 6. The summed E-state index contributed by atoms with van der Waals surface area (Å²) in [5.41, 5.74) is 0.322. The lowest BCUT2D eigenvalue weighted by atomic mass is 10.2. The molecular formula is C18H24ClN3O6S. The first-order chi connectivity index (χ1) is 13.7. The normalized spacial score (nSPS) is 19.8. The third kappa shape index (κ3) is 4.87. The Balaban J connectivity index is 1.73. The highest BCUT2D eigenvalue weighted by atomic mass is 35.5. The van der Waals surface area contributed by atoms with E-state index in [1.54, 1.807) is 28.9 Å². The number of sulfonamides is 1. The van der Waals surface area contributed by atoms with Crippen molar-refractivity contribution in [3.8, 4) is 5.75 Å². The lowest BCUT2D eigenvalue weighted by Gasteiger charge is -2.35. The minimum Gasteiger partial charge on any atom is -0.478 e. The monoisotopic (exact) mass is 445 g/mol. The van der Waals surface area contributed by atoms with E-state index in [2.05, 4.69) is 0 Å². The molecule has 1 aromatic carbocycles. The first-order valence-electron chi connectivity index (χ1n) is 9.35. The fraction of sp³-hybridized carbons (Fsp3) is 0.556. The number of carbonyl (C=O) groups excluding carboxylic acids is 2. The van der Waals surface area contributed by atoms with Crippen LogP contribution >= 0.6 is 11.6 Å². The number of hydrogen-bond donors (Lipinski definition) is 0. The van der Waals surface area contributed by atoms with Crippen molar-refractivity contribution in [2.24, 2.45) is 0 Å². The van der Waals surface area contributed by atoms with Crippen molar-refractivity contribution in [2.45, 2.75) is 19.4 Å². The van der Waals surface area contributed by atoms with Crippen LogP contribution in [0.3, 0.4) is 0 Å². The number of anilines is 1. The van der Waals surface area contributed by atoms with Gasteiger partial charge in [-0.25, -0.2) is 13.2 Å². The van der Waals surface area contributed by atoms with Gasteiger partial charge in [-0.3, -0.25) is 9.10 Å². The Bertz CT molecular complexity index is 886. The zero-order chi connectivity index (χ0) is 21.2. The Kier molecular flexibility index (Phi) is 6.42. The highest BCUT2D eigenvalue weighted by molar-refractivity contribution is 7.92. The fourth-order valence-corrected chi connectivity index (χ4v) is 4.50. The molecule has 1 aromatic rings. The number of rotatable bonds is 3. The van der Waals surface area contributed by atoms with Gasteiger partial charge in [0.1, 0.15) is 5.75 Å². The molecular weight excluding hydrogens is 422 g/mol. The molecule has 2 heterocycles. The first kappa shape index (κ1) is 21.5. The van der Waals surface area contributed by atoms with Crippen molar-refractivity contribution in [1.82, 2.24) is 9.80 Å². The Hall–Kier alpha value is -2.20. The highest BCUT2D eigenvalue weighted by Crippen LogP contribution is 2.36. The zero-order valence-electron chi connectivity index (χ0n) is 16.3. The maximum atomic E-state index is 13.0. The summed E-state index contributed by atoms with van der Waals surface area (Å²) in [5.74, 6) is 0.0607. The number of halogens is 1. The summed E-state index contributed by atoms with van der Waals surface area (Å²) in [6.45, 7) is 3.62. The van der Waals surface area contributed by atoms with Gasteiger partial charge >= 0.3 is 6.09 Å². The van der Waals surface area contributed by atoms with Crippen LogP contribution in [-0.2, 0) is 19.6 Å². The van der Waals surface area contributed by atoms with E-state index in [1.807, 2.05) is 0 Å². The topological polar surface area (TPSA) is 96.5 Å². The number of nitrogens with zero attached hydrogens (tertiary/aromatic N) is 3. The molecule has 0 spiro atoms. The maximum Gasteiger partial charge on any atom is 0.409 e. The van der Waals surface area contributed by atoms with E-state index < -0.39 is 16.1 Å². The summed E-state index contributed by atoms with van der Waals surface area (Å²) in [5, 5.41) is 0.376. The van der Waals surface area contributed by atoms with E-state index >= 15 is 0 Å². The number of ether oxygens (including phenoxy) is 2. The molecule has 160 valence electrons. The zero-order valence-corrected chi connectivity index (χ0v) is 17.9. The van der Waals surface area contributed by atoms with Crippen molar-refractivity contribution in [3.63, 3.8) is 0 Å². The summed E-state index contributed by atoms with van der Waals surface area (Å²) in [4.78, 5) is 28.0. The number of piperazine rings is 1. The molecule has 9 nitrogen and oxygen atoms in total. The van der Waals surface area contributed by atoms with E-state index in [0.29, 0.717) is 49.2 Å². The van der Waals surface area contributed by atoms with Crippen LogP contribution in [0.5, 0.6) is 5.75 Å². The van der Waals surface area contributed by atoms with Crippen molar-refractivity contribution in [1.29, 1.82) is 0 Å². The van der Waals surface area contributed by atoms with Gasteiger partial charge in [0, 0.05) is 44.2 Å². The summed E-state index contributed by atoms with van der Waals surface area (Å²) >= 11 is 6.03. The molecule has 0 N–H and O–H groups in total. The minimum atomic E-state index is -3.56. The molecule has 0 aliphatic carbocycles. The van der Waals surface area contributed by atoms with Gasteiger partial charge in [-0.1, -0.05) is 11.6 Å². The van der Waals surface area contributed by atoms with Crippen LogP contribution in [-0.4, -0.2) is 81.9 Å². The van der Waals surface area contributed by atoms with Crippen LogP contribution in [0.1, 0.15) is 13.3 Å². The minimum absolute atomic E-state index is 0.103. The lowest BCUT2D eigenvalue weighted by Crippen LogP contribution is -2.54. The van der Waals surface area contributed by atoms with Gasteiger partial charge in [0.25, 0.3) is 5.91 Å². The number of fused-ring (bicyclic) bond motifs is 1. The molecule has 2 aliphatic heterocycles. The third-order valence-electron chi connectivity index (χ3n) is 4.85. The van der Waals surface area contributed by atoms with Crippen molar-refractivity contribution >= 4 is 39.3 Å². The molecule has 1 atom stereocenters. The van der Waals surface area contributed by atoms with Crippen LogP contribution in [0.15, 0.2) is 18.2 Å². The van der Waals surface area contributed by atoms with E-state index in [4.69, 9.17) is 21.1 Å². The van der Waals surface area contributed by atoms with Gasteiger partial charge in [0.05, 0.1) is 18.6 Å². The molecule has 2 aliphatic rings. The standard InChI is InChI=1S/C18H24ClN3O6S/c1-3-27-18(24)21-10-8-20(9-11-21)17(23)16-6-7-22(29(2,25)26)14-12-13(19)4-5-15(14)28-16/h4-5,12,16H,3,6-11H2,1-2H3/t16-/m1/s1. The third-order valence-corrected chi connectivity index (χ3v) is 6.26. The van der Waals surface area contributed by atoms with Crippen molar-refractivity contribution < 1.29 is 27.5 Å². The maximum absolute atomic E-state index is 13.0. The Morgan fingerprint density at radius 1 is 1.17 bits per heavy atom. The van der Waals surface area contributed by atoms with Crippen LogP contribution in [0.2, 0.25) is 5.02 Å². The number of carbonyl (C=O) groups is 2. The van der Waals surface area contributed by atoms with E-state index in [1.165, 1.54) is 10.4 Å². The molecule has 29 heavy (non-hydrogen) atoms. The molecule has 3 rings (SSSR count). The molecule has 2 amide bonds. The molecule has 11 heteroatoms. The summed E-state index contributed by atoms with van der Waals surface area (Å²) in [6.07, 6.45) is 0.0980. The second-order valence-electron chi connectivity index (χ2n) is 6.85. The first-order valence-corrected chi connectivity index (χ1v) is 11.6. The van der Waals surface area contributed by atoms with Crippen molar-refractivity contribution in [2.75, 3.05) is 49.9 Å². The molecule has 0 bridgehead atoms. The summed E-state index contributed by atoms with van der Waals surface area (Å²) in [7, 11) is -3.56. The van der Waals surface area contributed by atoms with Gasteiger partial charge in [-0.15, -0.1) is 0 Å². The van der Waals surface area contributed by atoms with Gasteiger partial charge in [-0.05, 0) is 25.1 Å². The molecule has 0 radical (unpaired) electrons. The van der Waals surface area contributed by atoms with E-state index in [-0.39, 0.29) is 25.0 Å². The highest BCUT2D eigenvalue weighted by Gasteiger charge is 2.35. The number of amides is 2. The van der Waals surface area contributed by atoms with Gasteiger partial charge in [0.15, 0.2) is 6.10 Å². The number of benzene rings is 1. The lowest BCUT2D eigenvalue weighted by molar-refractivity contribution is -0.140. The van der Waals surface area contributed by atoms with Gasteiger partial charge < -0.3 is 19.3 Å². The second kappa shape index (κ2) is 8.66. The molecule has 0 aromatic heterocycles. The van der Waals surface area contributed by atoms with E-state index in [0.717, 1.165) is 6.26 Å². The van der Waals surface area contributed by atoms with Crippen LogP contribution in [0, 0.1) is 0 Å². The largest absolute Gasteiger partial charge is 0.478 e. The average Bonchev–Trinajstić information content (AvgIpc) is 2.87. The molecule has 0 unspecified atom stereocenters. The molecule has 1 fully saturated rings.